The minimum absolute atomic E-state index is 0.0625. The van der Waals surface area contributed by atoms with E-state index in [-0.39, 0.29) is 30.4 Å². The molecule has 0 radical (unpaired) electrons. The second-order valence-corrected chi connectivity index (χ2v) is 11.7. The molecule has 0 aliphatic carbocycles. The molecule has 0 saturated carbocycles. The highest BCUT2D eigenvalue weighted by Gasteiger charge is 2.40. The molecule has 11 heteroatoms. The number of fused-ring (bicyclic) bond motifs is 1. The number of likely N-dealkylation sites (tertiary alicyclic amines) is 1. The quantitative estimate of drug-likeness (QED) is 0.595. The third kappa shape index (κ3) is 5.25. The average Bonchev–Trinajstić information content (AvgIpc) is 3.19. The lowest BCUT2D eigenvalue weighted by Gasteiger charge is -2.45. The van der Waals surface area contributed by atoms with E-state index in [0.717, 1.165) is 43.2 Å². The molecule has 208 valence electrons. The Kier molecular flexibility index (Phi) is 7.15. The van der Waals surface area contributed by atoms with Crippen LogP contribution in [0.25, 0.3) is 0 Å². The monoisotopic (exact) mass is 530 g/mol. The largest absolute Gasteiger partial charge is 0.444 e. The van der Waals surface area contributed by atoms with Crippen molar-refractivity contribution < 1.29 is 23.5 Å². The topological polar surface area (TPSA) is 88.7 Å². The lowest BCUT2D eigenvalue weighted by Crippen LogP contribution is -2.58. The number of alkyl halides is 1. The smallest absolute Gasteiger partial charge is 0.410 e. The second-order valence-electron chi connectivity index (χ2n) is 11.7. The Labute approximate surface area is 223 Å². The Morgan fingerprint density at radius 1 is 1.05 bits per heavy atom. The minimum Gasteiger partial charge on any atom is -0.444 e. The van der Waals surface area contributed by atoms with E-state index < -0.39 is 17.9 Å². The van der Waals surface area contributed by atoms with Gasteiger partial charge in [-0.25, -0.2) is 9.18 Å². The zero-order chi connectivity index (χ0) is 27.2. The molecule has 38 heavy (non-hydrogen) atoms. The van der Waals surface area contributed by atoms with Crippen LogP contribution in [0.15, 0.2) is 18.2 Å². The third-order valence-corrected chi connectivity index (χ3v) is 7.92. The van der Waals surface area contributed by atoms with Gasteiger partial charge >= 0.3 is 6.09 Å². The van der Waals surface area contributed by atoms with Crippen LogP contribution in [0.1, 0.15) is 40.0 Å². The van der Waals surface area contributed by atoms with Crippen molar-refractivity contribution in [2.45, 2.75) is 63.9 Å². The first kappa shape index (κ1) is 26.5. The third-order valence-electron chi connectivity index (χ3n) is 7.92. The summed E-state index contributed by atoms with van der Waals surface area (Å²) >= 11 is 0. The summed E-state index contributed by atoms with van der Waals surface area (Å²) in [5.74, 6) is -0.448. The molecule has 3 saturated heterocycles. The molecule has 0 spiro atoms. The van der Waals surface area contributed by atoms with E-state index in [0.29, 0.717) is 32.5 Å². The molecule has 3 fully saturated rings. The number of imide groups is 1. The number of carbonyl (C=O) groups is 3. The summed E-state index contributed by atoms with van der Waals surface area (Å²) in [6, 6.07) is 5.59. The van der Waals surface area contributed by atoms with Crippen LogP contribution < -0.4 is 20.0 Å². The highest BCUT2D eigenvalue weighted by Crippen LogP contribution is 2.44. The van der Waals surface area contributed by atoms with Crippen molar-refractivity contribution in [3.05, 3.63) is 18.2 Å². The predicted octanol–water partition coefficient (Wildman–Crippen LogP) is 2.18. The van der Waals surface area contributed by atoms with Crippen LogP contribution in [0.2, 0.25) is 0 Å². The van der Waals surface area contributed by atoms with Gasteiger partial charge in [0.25, 0.3) is 0 Å². The van der Waals surface area contributed by atoms with Crippen LogP contribution in [0.5, 0.6) is 0 Å². The maximum Gasteiger partial charge on any atom is 0.410 e. The van der Waals surface area contributed by atoms with Gasteiger partial charge in [0.15, 0.2) is 0 Å². The van der Waals surface area contributed by atoms with Gasteiger partial charge in [-0.2, -0.15) is 0 Å². The molecule has 10 nitrogen and oxygen atoms in total. The fourth-order valence-corrected chi connectivity index (χ4v) is 6.11. The maximum absolute atomic E-state index is 15.2. The SMILES string of the molecule is CN1CN(C2CCC(=O)NC2=O)c2cccc(N3CCN([C@@H]4CCN(C(=O)OC(C)(C)C)C[C@H]4F)CC3)c21. The van der Waals surface area contributed by atoms with E-state index in [1.807, 2.05) is 40.0 Å². The fourth-order valence-electron chi connectivity index (χ4n) is 6.11. The highest BCUT2D eigenvalue weighted by molar-refractivity contribution is 6.03. The van der Waals surface area contributed by atoms with E-state index in [2.05, 4.69) is 31.0 Å². The number of anilines is 3. The summed E-state index contributed by atoms with van der Waals surface area (Å²) < 4.78 is 20.7. The van der Waals surface area contributed by atoms with Crippen LogP contribution in [-0.2, 0) is 14.3 Å². The first-order valence-corrected chi connectivity index (χ1v) is 13.6. The number of amides is 3. The number of carbonyl (C=O) groups excluding carboxylic acids is 3. The molecule has 3 atom stereocenters. The number of piperidine rings is 2. The summed E-state index contributed by atoms with van der Waals surface area (Å²) in [6.45, 7) is 9.59. The average molecular weight is 531 g/mol. The number of piperazine rings is 1. The predicted molar refractivity (Wildman–Crippen MR) is 143 cm³/mol. The lowest BCUT2D eigenvalue weighted by molar-refractivity contribution is -0.134. The number of rotatable bonds is 3. The summed E-state index contributed by atoms with van der Waals surface area (Å²) in [5.41, 5.74) is 2.59. The summed E-state index contributed by atoms with van der Waals surface area (Å²) in [6.07, 6.45) is -0.114. The van der Waals surface area contributed by atoms with E-state index >= 15 is 4.39 Å². The maximum atomic E-state index is 15.2. The number of halogens is 1. The van der Waals surface area contributed by atoms with E-state index in [4.69, 9.17) is 4.74 Å². The first-order chi connectivity index (χ1) is 18.0. The van der Waals surface area contributed by atoms with E-state index in [9.17, 15) is 14.4 Å². The molecule has 1 aromatic rings. The summed E-state index contributed by atoms with van der Waals surface area (Å²) in [5, 5.41) is 2.47. The molecule has 4 heterocycles. The van der Waals surface area contributed by atoms with Gasteiger partial charge in [0.1, 0.15) is 17.8 Å². The van der Waals surface area contributed by atoms with E-state index in [1.165, 1.54) is 4.90 Å². The van der Waals surface area contributed by atoms with Gasteiger partial charge in [-0.15, -0.1) is 0 Å². The molecule has 5 rings (SSSR count). The van der Waals surface area contributed by atoms with Crippen molar-refractivity contribution in [2.75, 3.05) is 67.7 Å². The second kappa shape index (κ2) is 10.2. The Morgan fingerprint density at radius 3 is 2.42 bits per heavy atom. The van der Waals surface area contributed by atoms with Crippen molar-refractivity contribution in [3.8, 4) is 0 Å². The highest BCUT2D eigenvalue weighted by atomic mass is 19.1. The van der Waals surface area contributed by atoms with Crippen molar-refractivity contribution in [1.82, 2.24) is 15.1 Å². The molecule has 0 bridgehead atoms. The van der Waals surface area contributed by atoms with E-state index in [1.54, 1.807) is 0 Å². The number of hydrogen-bond acceptors (Lipinski definition) is 8. The standard InChI is InChI=1S/C27H39FN6O4/c1-27(2,3)38-26(37)33-11-10-19(18(28)16-33)31-12-14-32(15-13-31)20-6-5-7-21-24(20)30(4)17-34(21)22-8-9-23(35)29-25(22)36/h5-7,18-19,22H,8-17H2,1-4H3,(H,29,35,36)/t18-,19-,22?/m1/s1. The Balaban J connectivity index is 1.22. The molecule has 1 unspecified atom stereocenters. The molecule has 4 aliphatic heterocycles. The molecule has 3 amide bonds. The minimum atomic E-state index is -1.11. The molecule has 4 aliphatic rings. The normalized spacial score (nSPS) is 26.9. The fraction of sp³-hybridized carbons (Fsp3) is 0.667. The van der Waals surface area contributed by atoms with Gasteiger partial charge in [-0.3, -0.25) is 19.8 Å². The molecular weight excluding hydrogens is 491 g/mol. The van der Waals surface area contributed by atoms with Gasteiger partial charge in [0, 0.05) is 52.2 Å². The zero-order valence-corrected chi connectivity index (χ0v) is 22.8. The number of benzene rings is 1. The van der Waals surface area contributed by atoms with Crippen molar-refractivity contribution in [2.24, 2.45) is 0 Å². The van der Waals surface area contributed by atoms with Crippen molar-refractivity contribution in [3.63, 3.8) is 0 Å². The van der Waals surface area contributed by atoms with Gasteiger partial charge in [0.05, 0.1) is 30.3 Å². The van der Waals surface area contributed by atoms with Crippen LogP contribution in [0.4, 0.5) is 26.2 Å². The Bertz CT molecular complexity index is 1090. The van der Waals surface area contributed by atoms with Crippen LogP contribution in [0, 0.1) is 0 Å². The lowest BCUT2D eigenvalue weighted by atomic mass is 10.0. The van der Waals surface area contributed by atoms with Gasteiger partial charge in [-0.1, -0.05) is 6.07 Å². The van der Waals surface area contributed by atoms with Crippen molar-refractivity contribution >= 4 is 35.0 Å². The number of nitrogens with one attached hydrogen (secondary N) is 1. The first-order valence-electron chi connectivity index (χ1n) is 13.6. The van der Waals surface area contributed by atoms with Gasteiger partial charge in [-0.05, 0) is 45.7 Å². The summed E-state index contributed by atoms with van der Waals surface area (Å²) in [4.78, 5) is 46.9. The van der Waals surface area contributed by atoms with Crippen LogP contribution in [-0.4, -0.2) is 105 Å². The van der Waals surface area contributed by atoms with Gasteiger partial charge in [0.2, 0.25) is 11.8 Å². The Morgan fingerprint density at radius 2 is 1.76 bits per heavy atom. The van der Waals surface area contributed by atoms with Crippen molar-refractivity contribution in [1.29, 1.82) is 0 Å². The molecule has 1 aromatic carbocycles. The summed E-state index contributed by atoms with van der Waals surface area (Å²) in [7, 11) is 2.02. The van der Waals surface area contributed by atoms with Crippen LogP contribution >= 0.6 is 0 Å². The molecular formula is C27H39FN6O4. The molecule has 0 aromatic heterocycles. The number of para-hydroxylation sites is 1. The Hall–Kier alpha value is -3.08. The zero-order valence-electron chi connectivity index (χ0n) is 22.8. The number of ether oxygens (including phenoxy) is 1. The van der Waals surface area contributed by atoms with Gasteiger partial charge < -0.3 is 24.3 Å². The van der Waals surface area contributed by atoms with Crippen LogP contribution in [0.3, 0.4) is 0 Å². The number of hydrogen-bond donors (Lipinski definition) is 1. The molecule has 1 N–H and O–H groups in total. The number of nitrogens with zero attached hydrogens (tertiary/aromatic N) is 5.